The molecule has 0 aliphatic heterocycles. The quantitative estimate of drug-likeness (QED) is 0.669. The number of aromatic nitrogens is 3. The van der Waals surface area contributed by atoms with Crippen molar-refractivity contribution < 1.29 is 8.42 Å². The molecule has 0 saturated heterocycles. The highest BCUT2D eigenvalue weighted by molar-refractivity contribution is 7.93. The summed E-state index contributed by atoms with van der Waals surface area (Å²) in [6, 6.07) is 0. The van der Waals surface area contributed by atoms with Crippen LogP contribution in [0.25, 0.3) is 0 Å². The Balaban J connectivity index is 2.56. The van der Waals surface area contributed by atoms with E-state index in [2.05, 4.69) is 25.2 Å². The summed E-state index contributed by atoms with van der Waals surface area (Å²) in [5.74, 6) is -0.00478. The van der Waals surface area contributed by atoms with Crippen molar-refractivity contribution in [2.45, 2.75) is 25.5 Å². The first-order chi connectivity index (χ1) is 8.06. The van der Waals surface area contributed by atoms with Crippen molar-refractivity contribution in [3.05, 3.63) is 12.4 Å². The molecule has 0 aromatic carbocycles. The molecule has 0 radical (unpaired) electrons. The zero-order valence-electron chi connectivity index (χ0n) is 9.92. The van der Waals surface area contributed by atoms with E-state index in [9.17, 15) is 8.42 Å². The van der Waals surface area contributed by atoms with Gasteiger partial charge in [0.2, 0.25) is 10.0 Å². The van der Waals surface area contributed by atoms with E-state index in [1.807, 2.05) is 6.92 Å². The van der Waals surface area contributed by atoms with Crippen LogP contribution >= 0.6 is 0 Å². The van der Waals surface area contributed by atoms with Crippen LogP contribution in [0.1, 0.15) is 20.3 Å². The largest absolute Gasteiger partial charge is 0.315 e. The second kappa shape index (κ2) is 6.45. The SMILES string of the molecule is CCCNCC(C)S(=O)(=O)Nc1nccnn1. The van der Waals surface area contributed by atoms with Gasteiger partial charge in [-0.2, -0.15) is 5.10 Å². The summed E-state index contributed by atoms with van der Waals surface area (Å²) in [4.78, 5) is 3.76. The van der Waals surface area contributed by atoms with Crippen LogP contribution in [0.15, 0.2) is 12.4 Å². The first kappa shape index (κ1) is 13.8. The molecule has 17 heavy (non-hydrogen) atoms. The van der Waals surface area contributed by atoms with Crippen molar-refractivity contribution in [3.63, 3.8) is 0 Å². The number of hydrogen-bond donors (Lipinski definition) is 2. The fraction of sp³-hybridized carbons (Fsp3) is 0.667. The molecule has 1 atom stereocenters. The molecule has 0 spiro atoms. The maximum atomic E-state index is 11.8. The van der Waals surface area contributed by atoms with Crippen LogP contribution in [-0.2, 0) is 10.0 Å². The molecule has 0 amide bonds. The molecular weight excluding hydrogens is 242 g/mol. The van der Waals surface area contributed by atoms with Crippen LogP contribution in [-0.4, -0.2) is 41.9 Å². The second-order valence-electron chi connectivity index (χ2n) is 3.63. The Labute approximate surface area is 101 Å². The molecular formula is C9H17N5O2S. The van der Waals surface area contributed by atoms with Gasteiger partial charge in [0.25, 0.3) is 5.95 Å². The van der Waals surface area contributed by atoms with Gasteiger partial charge in [-0.1, -0.05) is 6.92 Å². The molecule has 8 heteroatoms. The van der Waals surface area contributed by atoms with E-state index < -0.39 is 15.3 Å². The third-order valence-electron chi connectivity index (χ3n) is 2.10. The van der Waals surface area contributed by atoms with Crippen LogP contribution in [0.5, 0.6) is 0 Å². The average Bonchev–Trinajstić information content (AvgIpc) is 2.30. The normalized spacial score (nSPS) is 13.3. The molecule has 1 rings (SSSR count). The Morgan fingerprint density at radius 3 is 2.76 bits per heavy atom. The van der Waals surface area contributed by atoms with E-state index in [1.165, 1.54) is 12.4 Å². The van der Waals surface area contributed by atoms with E-state index >= 15 is 0 Å². The summed E-state index contributed by atoms with van der Waals surface area (Å²) in [6.45, 7) is 4.84. The van der Waals surface area contributed by atoms with Gasteiger partial charge in [-0.05, 0) is 19.9 Å². The number of anilines is 1. The maximum Gasteiger partial charge on any atom is 0.256 e. The minimum absolute atomic E-state index is 0.00478. The molecule has 1 aromatic heterocycles. The van der Waals surface area contributed by atoms with Gasteiger partial charge in [0.1, 0.15) is 0 Å². The topological polar surface area (TPSA) is 96.9 Å². The van der Waals surface area contributed by atoms with Crippen molar-refractivity contribution in [2.24, 2.45) is 0 Å². The summed E-state index contributed by atoms with van der Waals surface area (Å²) in [7, 11) is -3.47. The molecule has 0 aliphatic rings. The Kier molecular flexibility index (Phi) is 5.23. The lowest BCUT2D eigenvalue weighted by atomic mass is 10.4. The van der Waals surface area contributed by atoms with Gasteiger partial charge in [-0.25, -0.2) is 18.1 Å². The highest BCUT2D eigenvalue weighted by atomic mass is 32.2. The smallest absolute Gasteiger partial charge is 0.256 e. The van der Waals surface area contributed by atoms with Crippen molar-refractivity contribution in [1.29, 1.82) is 0 Å². The fourth-order valence-corrected chi connectivity index (χ4v) is 2.00. The third-order valence-corrected chi connectivity index (χ3v) is 3.80. The molecule has 0 bridgehead atoms. The number of nitrogens with one attached hydrogen (secondary N) is 2. The third kappa shape index (κ3) is 4.61. The van der Waals surface area contributed by atoms with Gasteiger partial charge in [0, 0.05) is 6.54 Å². The highest BCUT2D eigenvalue weighted by Gasteiger charge is 2.21. The van der Waals surface area contributed by atoms with Crippen LogP contribution in [0.2, 0.25) is 0 Å². The number of rotatable bonds is 7. The van der Waals surface area contributed by atoms with Gasteiger partial charge in [-0.3, -0.25) is 0 Å². The predicted octanol–water partition coefficient (Wildman–Crippen LogP) is 0.00140. The lowest BCUT2D eigenvalue weighted by molar-refractivity contribution is 0.575. The standard InChI is InChI=1S/C9H17N5O2S/c1-3-4-10-7-8(2)17(15,16)14-9-11-5-6-12-13-9/h5-6,8,10H,3-4,7H2,1-2H3,(H,11,13,14). The molecule has 7 nitrogen and oxygen atoms in total. The van der Waals surface area contributed by atoms with Gasteiger partial charge >= 0.3 is 0 Å². The molecule has 1 aromatic rings. The maximum absolute atomic E-state index is 11.8. The molecule has 1 heterocycles. The summed E-state index contributed by atoms with van der Waals surface area (Å²) in [5.41, 5.74) is 0. The lowest BCUT2D eigenvalue weighted by Gasteiger charge is -2.13. The minimum Gasteiger partial charge on any atom is -0.315 e. The Morgan fingerprint density at radius 2 is 2.18 bits per heavy atom. The molecule has 0 aliphatic carbocycles. The van der Waals surface area contributed by atoms with Gasteiger partial charge < -0.3 is 5.32 Å². The number of nitrogens with zero attached hydrogens (tertiary/aromatic N) is 3. The Morgan fingerprint density at radius 1 is 1.41 bits per heavy atom. The van der Waals surface area contributed by atoms with Crippen LogP contribution < -0.4 is 10.0 Å². The molecule has 0 saturated carbocycles. The van der Waals surface area contributed by atoms with Gasteiger partial charge in [-0.15, -0.1) is 5.10 Å². The van der Waals surface area contributed by atoms with Crippen LogP contribution in [0.4, 0.5) is 5.95 Å². The van der Waals surface area contributed by atoms with E-state index in [1.54, 1.807) is 6.92 Å². The molecule has 2 N–H and O–H groups in total. The van der Waals surface area contributed by atoms with Crippen LogP contribution in [0.3, 0.4) is 0 Å². The number of sulfonamides is 1. The van der Waals surface area contributed by atoms with Gasteiger partial charge in [0.05, 0.1) is 17.6 Å². The van der Waals surface area contributed by atoms with Crippen molar-refractivity contribution in [1.82, 2.24) is 20.5 Å². The zero-order chi connectivity index (χ0) is 12.7. The molecule has 0 fully saturated rings. The predicted molar refractivity (Wildman–Crippen MR) is 65.0 cm³/mol. The fourth-order valence-electron chi connectivity index (χ4n) is 1.11. The summed E-state index contributed by atoms with van der Waals surface area (Å²) < 4.78 is 26.0. The summed E-state index contributed by atoms with van der Waals surface area (Å²) in [6.07, 6.45) is 3.72. The van der Waals surface area contributed by atoms with E-state index in [-0.39, 0.29) is 5.95 Å². The molecule has 1 unspecified atom stereocenters. The van der Waals surface area contributed by atoms with E-state index in [0.717, 1.165) is 13.0 Å². The Bertz CT molecular complexity index is 422. The van der Waals surface area contributed by atoms with Crippen LogP contribution in [0, 0.1) is 0 Å². The van der Waals surface area contributed by atoms with Crippen molar-refractivity contribution in [3.8, 4) is 0 Å². The van der Waals surface area contributed by atoms with Crippen molar-refractivity contribution in [2.75, 3.05) is 17.8 Å². The summed E-state index contributed by atoms with van der Waals surface area (Å²) in [5, 5.41) is 9.61. The van der Waals surface area contributed by atoms with E-state index in [4.69, 9.17) is 0 Å². The number of hydrogen-bond acceptors (Lipinski definition) is 6. The summed E-state index contributed by atoms with van der Waals surface area (Å²) >= 11 is 0. The highest BCUT2D eigenvalue weighted by Crippen LogP contribution is 2.04. The van der Waals surface area contributed by atoms with Crippen molar-refractivity contribution >= 4 is 16.0 Å². The average molecular weight is 259 g/mol. The lowest BCUT2D eigenvalue weighted by Crippen LogP contribution is -2.35. The monoisotopic (exact) mass is 259 g/mol. The minimum atomic E-state index is -3.47. The van der Waals surface area contributed by atoms with Gasteiger partial charge in [0.15, 0.2) is 0 Å². The van der Waals surface area contributed by atoms with E-state index in [0.29, 0.717) is 6.54 Å². The molecule has 96 valence electrons. The second-order valence-corrected chi connectivity index (χ2v) is 5.73. The first-order valence-electron chi connectivity index (χ1n) is 5.42. The first-order valence-corrected chi connectivity index (χ1v) is 6.97. The zero-order valence-corrected chi connectivity index (χ0v) is 10.7. The Hall–Kier alpha value is -1.28.